The van der Waals surface area contributed by atoms with E-state index < -0.39 is 4.70 Å². The Bertz CT molecular complexity index is 686. The van der Waals surface area contributed by atoms with Gasteiger partial charge in [-0.1, -0.05) is 91.0 Å². The minimum atomic E-state index is -0.986. The molecule has 0 saturated heterocycles. The molecule has 0 unspecified atom stereocenters. The van der Waals surface area contributed by atoms with Gasteiger partial charge in [-0.05, 0) is 27.1 Å². The van der Waals surface area contributed by atoms with Crippen molar-refractivity contribution in [2.45, 2.75) is 17.9 Å². The third-order valence-corrected chi connectivity index (χ3v) is 4.57. The van der Waals surface area contributed by atoms with Crippen molar-refractivity contribution in [1.29, 1.82) is 0 Å². The predicted molar refractivity (Wildman–Crippen MR) is 99.5 cm³/mol. The molecule has 0 radical (unpaired) electrons. The largest absolute Gasteiger partial charge is 0.332 e. The van der Waals surface area contributed by atoms with Crippen molar-refractivity contribution in [3.63, 3.8) is 0 Å². The van der Waals surface area contributed by atoms with Crippen molar-refractivity contribution in [2.75, 3.05) is 0 Å². The van der Waals surface area contributed by atoms with Crippen molar-refractivity contribution in [3.8, 4) is 0 Å². The van der Waals surface area contributed by atoms with Gasteiger partial charge in [-0.25, -0.2) is 0 Å². The Hall–Kier alpha value is -1.94. The minimum Gasteiger partial charge on any atom is -0.332 e. The lowest BCUT2D eigenvalue weighted by Gasteiger charge is -2.28. The first-order valence-corrected chi connectivity index (χ1v) is 8.66. The van der Waals surface area contributed by atoms with E-state index in [0.717, 1.165) is 16.7 Å². The van der Waals surface area contributed by atoms with E-state index in [4.69, 9.17) is 9.47 Å². The number of rotatable bonds is 7. The molecule has 0 aliphatic heterocycles. The highest BCUT2D eigenvalue weighted by Crippen LogP contribution is 2.36. The fourth-order valence-electron chi connectivity index (χ4n) is 2.35. The predicted octanol–water partition coefficient (Wildman–Crippen LogP) is 5.63. The lowest BCUT2D eigenvalue weighted by Crippen LogP contribution is -2.26. The molecule has 0 aromatic heterocycles. The summed E-state index contributed by atoms with van der Waals surface area (Å²) < 4.78 is 11.2. The van der Waals surface area contributed by atoms with Gasteiger partial charge in [-0.3, -0.25) is 0 Å². The Morgan fingerprint density at radius 2 is 0.958 bits per heavy atom. The molecule has 0 saturated carbocycles. The van der Waals surface area contributed by atoms with Crippen molar-refractivity contribution in [3.05, 3.63) is 108 Å². The van der Waals surface area contributed by atoms with Crippen molar-refractivity contribution < 1.29 is 9.47 Å². The second-order valence-corrected chi connectivity index (χ2v) is 6.49. The zero-order chi connectivity index (χ0) is 16.7. The summed E-state index contributed by atoms with van der Waals surface area (Å²) in [6.45, 7) is 0.908. The molecule has 0 heterocycles. The highest BCUT2D eigenvalue weighted by molar-refractivity contribution is 9.09. The lowest BCUT2D eigenvalue weighted by atomic mass is 10.2. The SMILES string of the molecule is BrC(OCc1ccccc1)(OCc1ccccc1)c1ccccc1. The lowest BCUT2D eigenvalue weighted by molar-refractivity contribution is -0.186. The van der Waals surface area contributed by atoms with Crippen LogP contribution in [0.3, 0.4) is 0 Å². The summed E-state index contributed by atoms with van der Waals surface area (Å²) >= 11 is 3.66. The summed E-state index contributed by atoms with van der Waals surface area (Å²) in [5.41, 5.74) is 3.12. The molecule has 0 amide bonds. The van der Waals surface area contributed by atoms with Gasteiger partial charge in [0.15, 0.2) is 0 Å². The highest BCUT2D eigenvalue weighted by atomic mass is 79.9. The topological polar surface area (TPSA) is 18.5 Å². The molecule has 0 N–H and O–H groups in total. The van der Waals surface area contributed by atoms with Gasteiger partial charge in [-0.2, -0.15) is 0 Å². The first kappa shape index (κ1) is 16.9. The van der Waals surface area contributed by atoms with Gasteiger partial charge in [0.2, 0.25) is 0 Å². The maximum absolute atomic E-state index is 6.12. The molecule has 3 aromatic carbocycles. The molecule has 2 nitrogen and oxygen atoms in total. The van der Waals surface area contributed by atoms with Crippen LogP contribution in [0.4, 0.5) is 0 Å². The monoisotopic (exact) mass is 382 g/mol. The van der Waals surface area contributed by atoms with Gasteiger partial charge in [0.05, 0.1) is 13.2 Å². The summed E-state index contributed by atoms with van der Waals surface area (Å²) in [5, 5.41) is 0. The van der Waals surface area contributed by atoms with Crippen molar-refractivity contribution in [1.82, 2.24) is 0 Å². The maximum atomic E-state index is 6.12. The molecule has 0 aliphatic rings. The van der Waals surface area contributed by atoms with E-state index >= 15 is 0 Å². The van der Waals surface area contributed by atoms with Crippen LogP contribution in [0.2, 0.25) is 0 Å². The zero-order valence-electron chi connectivity index (χ0n) is 13.3. The van der Waals surface area contributed by atoms with E-state index in [1.165, 1.54) is 0 Å². The first-order valence-electron chi connectivity index (χ1n) is 7.86. The first-order chi connectivity index (χ1) is 11.8. The van der Waals surface area contributed by atoms with Crippen LogP contribution < -0.4 is 0 Å². The van der Waals surface area contributed by atoms with Gasteiger partial charge in [0.25, 0.3) is 4.70 Å². The van der Waals surface area contributed by atoms with Crippen LogP contribution in [0.5, 0.6) is 0 Å². The zero-order valence-corrected chi connectivity index (χ0v) is 14.9. The molecule has 3 rings (SSSR count). The summed E-state index contributed by atoms with van der Waals surface area (Å²) in [6.07, 6.45) is 0. The van der Waals surface area contributed by atoms with Gasteiger partial charge in [0, 0.05) is 5.56 Å². The van der Waals surface area contributed by atoms with Crippen LogP contribution >= 0.6 is 15.9 Å². The summed E-state index contributed by atoms with van der Waals surface area (Å²) in [4.78, 5) is 0. The van der Waals surface area contributed by atoms with Gasteiger partial charge in [0.1, 0.15) is 0 Å². The van der Waals surface area contributed by atoms with Crippen LogP contribution in [0, 0.1) is 0 Å². The number of ether oxygens (including phenoxy) is 2. The highest BCUT2D eigenvalue weighted by Gasteiger charge is 2.31. The minimum absolute atomic E-state index is 0.454. The number of alkyl halides is 1. The van der Waals surface area contributed by atoms with Gasteiger partial charge >= 0.3 is 0 Å². The number of hydrogen-bond donors (Lipinski definition) is 0. The fraction of sp³-hybridized carbons (Fsp3) is 0.143. The van der Waals surface area contributed by atoms with Crippen LogP contribution in [-0.2, 0) is 27.4 Å². The average molecular weight is 383 g/mol. The van der Waals surface area contributed by atoms with E-state index in [0.29, 0.717) is 13.2 Å². The van der Waals surface area contributed by atoms with Gasteiger partial charge < -0.3 is 9.47 Å². The van der Waals surface area contributed by atoms with E-state index in [9.17, 15) is 0 Å². The standard InChI is InChI=1S/C21H19BrO2/c22-21(20-14-8-3-9-15-20,23-16-18-10-4-1-5-11-18)24-17-19-12-6-2-7-13-19/h1-15H,16-17H2. The third kappa shape index (κ3) is 4.54. The summed E-state index contributed by atoms with van der Waals surface area (Å²) in [7, 11) is 0. The quantitative estimate of drug-likeness (QED) is 0.389. The van der Waals surface area contributed by atoms with Gasteiger partial charge in [-0.15, -0.1) is 0 Å². The molecule has 0 atom stereocenters. The Morgan fingerprint density at radius 1 is 0.583 bits per heavy atom. The summed E-state index contributed by atoms with van der Waals surface area (Å²) in [5.74, 6) is 0. The molecule has 0 fully saturated rings. The number of hydrogen-bond acceptors (Lipinski definition) is 2. The van der Waals surface area contributed by atoms with Crippen LogP contribution in [0.15, 0.2) is 91.0 Å². The van der Waals surface area contributed by atoms with Crippen LogP contribution in [0.25, 0.3) is 0 Å². The Morgan fingerprint density at radius 3 is 1.38 bits per heavy atom. The Labute approximate surface area is 151 Å². The molecule has 122 valence electrons. The average Bonchev–Trinajstić information content (AvgIpc) is 2.67. The number of halogens is 1. The van der Waals surface area contributed by atoms with E-state index in [2.05, 4.69) is 15.9 Å². The molecule has 0 bridgehead atoms. The molecule has 3 aromatic rings. The molecule has 24 heavy (non-hydrogen) atoms. The second-order valence-electron chi connectivity index (χ2n) is 5.45. The van der Waals surface area contributed by atoms with Crippen molar-refractivity contribution >= 4 is 15.9 Å². The Kier molecular flexibility index (Phi) is 5.81. The number of benzene rings is 3. The third-order valence-electron chi connectivity index (χ3n) is 3.65. The van der Waals surface area contributed by atoms with Crippen LogP contribution in [-0.4, -0.2) is 0 Å². The molecular weight excluding hydrogens is 364 g/mol. The maximum Gasteiger partial charge on any atom is 0.254 e. The second kappa shape index (κ2) is 8.25. The fourth-order valence-corrected chi connectivity index (χ4v) is 2.84. The molecule has 0 aliphatic carbocycles. The summed E-state index contributed by atoms with van der Waals surface area (Å²) in [6, 6.07) is 30.1. The van der Waals surface area contributed by atoms with Crippen LogP contribution in [0.1, 0.15) is 16.7 Å². The molecular formula is C21H19BrO2. The molecule has 3 heteroatoms. The normalized spacial score (nSPS) is 11.4. The molecule has 0 spiro atoms. The smallest absolute Gasteiger partial charge is 0.254 e. The van der Waals surface area contributed by atoms with E-state index in [1.807, 2.05) is 91.0 Å². The van der Waals surface area contributed by atoms with Crippen molar-refractivity contribution in [2.24, 2.45) is 0 Å². The van der Waals surface area contributed by atoms with E-state index in [1.54, 1.807) is 0 Å². The Balaban J connectivity index is 1.75. The van der Waals surface area contributed by atoms with E-state index in [-0.39, 0.29) is 0 Å².